The molecule has 4 heteroatoms. The van der Waals surface area contributed by atoms with Gasteiger partial charge in [0.1, 0.15) is 11.6 Å². The summed E-state index contributed by atoms with van der Waals surface area (Å²) in [5.74, 6) is 1.92. The van der Waals surface area contributed by atoms with E-state index in [9.17, 15) is 0 Å². The van der Waals surface area contributed by atoms with E-state index in [0.29, 0.717) is 0 Å². The molecule has 0 aliphatic carbocycles. The molecule has 292 valence electrons. The summed E-state index contributed by atoms with van der Waals surface area (Å²) >= 11 is 0. The van der Waals surface area contributed by atoms with Crippen LogP contribution < -0.4 is 0 Å². The van der Waals surface area contributed by atoms with Crippen LogP contribution >= 0.6 is 0 Å². The molecule has 0 radical (unpaired) electrons. The lowest BCUT2D eigenvalue weighted by Gasteiger charge is -2.20. The van der Waals surface area contributed by atoms with E-state index in [-0.39, 0.29) is 0 Å². The van der Waals surface area contributed by atoms with E-state index in [2.05, 4.69) is 217 Å². The average molecular weight is 793 g/mol. The number of nitrogens with zero attached hydrogens (tertiary/aromatic N) is 4. The van der Waals surface area contributed by atoms with Crippen molar-refractivity contribution in [2.45, 2.75) is 0 Å². The number of imidazole rings is 2. The molecule has 0 saturated heterocycles. The standard InChI is InChI=1S/C58H40N4/c1-61-54-34-42(28-30-52(54)59-57(61)38-18-8-4-9-19-38)44-24-14-26-46-49(44)36-50-45(43-29-31-53-55(35-43)62(2)58(60-53)39-20-10-5-11-21-39)25-15-27-47(50)56(46)51-33-41-23-13-12-22-40(41)32-48(51)37-16-6-3-7-17-37/h3-36H,1-2H3. The lowest BCUT2D eigenvalue weighted by molar-refractivity contribution is 0.959. The van der Waals surface area contributed by atoms with Gasteiger partial charge in [-0.3, -0.25) is 0 Å². The fourth-order valence-corrected chi connectivity index (χ4v) is 9.67. The van der Waals surface area contributed by atoms with Crippen molar-refractivity contribution >= 4 is 54.4 Å². The summed E-state index contributed by atoms with van der Waals surface area (Å²) in [5, 5.41) is 7.26. The first-order valence-corrected chi connectivity index (χ1v) is 21.2. The molecule has 0 N–H and O–H groups in total. The summed E-state index contributed by atoms with van der Waals surface area (Å²) in [7, 11) is 4.24. The van der Waals surface area contributed by atoms with Crippen LogP contribution in [0.25, 0.3) is 122 Å². The molecular weight excluding hydrogens is 753 g/mol. The van der Waals surface area contributed by atoms with Crippen molar-refractivity contribution in [3.8, 4) is 67.3 Å². The zero-order valence-electron chi connectivity index (χ0n) is 34.4. The summed E-state index contributed by atoms with van der Waals surface area (Å²) in [5.41, 5.74) is 15.9. The quantitative estimate of drug-likeness (QED) is 0.157. The number of aryl methyl sites for hydroxylation is 2. The molecule has 0 amide bonds. The minimum atomic E-state index is 0.958. The smallest absolute Gasteiger partial charge is 0.140 e. The molecular formula is C58H40N4. The topological polar surface area (TPSA) is 35.6 Å². The van der Waals surface area contributed by atoms with Crippen molar-refractivity contribution in [2.75, 3.05) is 0 Å². The molecule has 4 nitrogen and oxygen atoms in total. The third-order valence-corrected chi connectivity index (χ3v) is 12.7. The first kappa shape index (κ1) is 35.8. The van der Waals surface area contributed by atoms with E-state index in [4.69, 9.17) is 9.97 Å². The number of hydrogen-bond acceptors (Lipinski definition) is 2. The highest BCUT2D eigenvalue weighted by molar-refractivity contribution is 6.21. The van der Waals surface area contributed by atoms with Gasteiger partial charge in [0.05, 0.1) is 22.1 Å². The van der Waals surface area contributed by atoms with Crippen LogP contribution in [-0.2, 0) is 14.1 Å². The summed E-state index contributed by atoms with van der Waals surface area (Å²) in [4.78, 5) is 10.2. The third kappa shape index (κ3) is 5.76. The van der Waals surface area contributed by atoms with Crippen molar-refractivity contribution in [1.29, 1.82) is 0 Å². The fourth-order valence-electron chi connectivity index (χ4n) is 9.67. The average Bonchev–Trinajstić information content (AvgIpc) is 3.85. The Morgan fingerprint density at radius 3 is 1.23 bits per heavy atom. The predicted octanol–water partition coefficient (Wildman–Crippen LogP) is 14.9. The largest absolute Gasteiger partial charge is 0.327 e. The van der Waals surface area contributed by atoms with Gasteiger partial charge in [0.2, 0.25) is 0 Å². The van der Waals surface area contributed by atoms with Crippen LogP contribution in [0.5, 0.6) is 0 Å². The summed E-state index contributed by atoms with van der Waals surface area (Å²) in [6.45, 7) is 0. The second-order valence-electron chi connectivity index (χ2n) is 16.3. The van der Waals surface area contributed by atoms with Crippen molar-refractivity contribution in [3.63, 3.8) is 0 Å². The summed E-state index contributed by atoms with van der Waals surface area (Å²) < 4.78 is 4.44. The molecule has 0 fully saturated rings. The van der Waals surface area contributed by atoms with Gasteiger partial charge in [0.15, 0.2) is 0 Å². The molecule has 62 heavy (non-hydrogen) atoms. The predicted molar refractivity (Wildman–Crippen MR) is 260 cm³/mol. The van der Waals surface area contributed by atoms with Crippen LogP contribution in [0.3, 0.4) is 0 Å². The molecule has 0 aliphatic rings. The minimum absolute atomic E-state index is 0.958. The maximum atomic E-state index is 5.09. The SMILES string of the molecule is Cn1c(-c2ccccc2)nc2ccc(-c3cccc4c(-c5cc6ccccc6cc5-c5ccccc5)c5cccc(-c6ccc7nc(-c8ccccc8)n(C)c7c6)c5cc34)cc21. The van der Waals surface area contributed by atoms with Gasteiger partial charge in [-0.25, -0.2) is 9.97 Å². The van der Waals surface area contributed by atoms with Gasteiger partial charge in [-0.2, -0.15) is 0 Å². The Kier molecular flexibility index (Phi) is 8.26. The third-order valence-electron chi connectivity index (χ3n) is 12.7. The number of hydrogen-bond donors (Lipinski definition) is 0. The van der Waals surface area contributed by atoms with Gasteiger partial charge in [-0.1, -0.05) is 164 Å². The lowest BCUT2D eigenvalue weighted by atomic mass is 9.83. The Bertz CT molecular complexity index is 3510. The van der Waals surface area contributed by atoms with Crippen LogP contribution in [0.1, 0.15) is 0 Å². The number of fused-ring (bicyclic) bond motifs is 5. The van der Waals surface area contributed by atoms with Gasteiger partial charge >= 0.3 is 0 Å². The zero-order valence-corrected chi connectivity index (χ0v) is 34.4. The van der Waals surface area contributed by atoms with Crippen LogP contribution in [0.2, 0.25) is 0 Å². The maximum Gasteiger partial charge on any atom is 0.140 e. The van der Waals surface area contributed by atoms with Crippen LogP contribution in [0.4, 0.5) is 0 Å². The van der Waals surface area contributed by atoms with Crippen LogP contribution in [-0.4, -0.2) is 19.1 Å². The molecule has 0 aliphatic heterocycles. The van der Waals surface area contributed by atoms with Crippen LogP contribution in [0, 0.1) is 0 Å². The first-order chi connectivity index (χ1) is 30.6. The van der Waals surface area contributed by atoms with E-state index in [1.807, 2.05) is 12.1 Å². The van der Waals surface area contributed by atoms with Gasteiger partial charge in [-0.05, 0) is 119 Å². The van der Waals surface area contributed by atoms with Gasteiger partial charge in [0.25, 0.3) is 0 Å². The molecule has 2 aromatic heterocycles. The second-order valence-corrected chi connectivity index (χ2v) is 16.3. The summed E-state index contributed by atoms with van der Waals surface area (Å²) in [6, 6.07) is 74.8. The highest BCUT2D eigenvalue weighted by Crippen LogP contribution is 2.47. The Morgan fingerprint density at radius 1 is 0.306 bits per heavy atom. The lowest BCUT2D eigenvalue weighted by Crippen LogP contribution is -1.94. The highest BCUT2D eigenvalue weighted by Gasteiger charge is 2.21. The van der Waals surface area contributed by atoms with E-state index in [1.165, 1.54) is 65.7 Å². The number of aromatic nitrogens is 4. The minimum Gasteiger partial charge on any atom is -0.327 e. The van der Waals surface area contributed by atoms with E-state index in [0.717, 1.165) is 56.0 Å². The van der Waals surface area contributed by atoms with E-state index < -0.39 is 0 Å². The first-order valence-electron chi connectivity index (χ1n) is 21.2. The zero-order chi connectivity index (χ0) is 41.3. The van der Waals surface area contributed by atoms with E-state index in [1.54, 1.807) is 0 Å². The van der Waals surface area contributed by atoms with Gasteiger partial charge in [0, 0.05) is 25.2 Å². The molecule has 12 rings (SSSR count). The van der Waals surface area contributed by atoms with Gasteiger partial charge in [-0.15, -0.1) is 0 Å². The molecule has 12 aromatic rings. The molecule has 0 bridgehead atoms. The molecule has 0 spiro atoms. The van der Waals surface area contributed by atoms with E-state index >= 15 is 0 Å². The summed E-state index contributed by atoms with van der Waals surface area (Å²) in [6.07, 6.45) is 0. The Labute approximate surface area is 359 Å². The number of benzene rings is 10. The fraction of sp³-hybridized carbons (Fsp3) is 0.0345. The Morgan fingerprint density at radius 2 is 0.742 bits per heavy atom. The van der Waals surface area contributed by atoms with Crippen molar-refractivity contribution < 1.29 is 0 Å². The Balaban J connectivity index is 1.15. The van der Waals surface area contributed by atoms with Crippen molar-refractivity contribution in [3.05, 3.63) is 206 Å². The normalized spacial score (nSPS) is 11.7. The molecule has 2 heterocycles. The maximum absolute atomic E-state index is 5.09. The Hall–Kier alpha value is -8.08. The van der Waals surface area contributed by atoms with Crippen molar-refractivity contribution in [1.82, 2.24) is 19.1 Å². The monoisotopic (exact) mass is 792 g/mol. The highest BCUT2D eigenvalue weighted by atomic mass is 15.1. The second kappa shape index (κ2) is 14.3. The van der Waals surface area contributed by atoms with Gasteiger partial charge < -0.3 is 9.13 Å². The molecule has 0 saturated carbocycles. The van der Waals surface area contributed by atoms with Crippen molar-refractivity contribution in [2.24, 2.45) is 14.1 Å². The van der Waals surface area contributed by atoms with Crippen LogP contribution in [0.15, 0.2) is 206 Å². The molecule has 0 atom stereocenters. The molecule has 0 unspecified atom stereocenters. The number of rotatable bonds is 6. The molecule has 10 aromatic carbocycles.